The lowest BCUT2D eigenvalue weighted by Crippen LogP contribution is -2.49. The Kier molecular flexibility index (Phi) is 8.23. The van der Waals surface area contributed by atoms with Gasteiger partial charge < -0.3 is 15.0 Å². The first-order valence-electron chi connectivity index (χ1n) is 12.8. The van der Waals surface area contributed by atoms with Gasteiger partial charge >= 0.3 is 6.03 Å². The summed E-state index contributed by atoms with van der Waals surface area (Å²) in [6.45, 7) is 2.83. The van der Waals surface area contributed by atoms with Crippen LogP contribution in [0.2, 0.25) is 0 Å². The molecule has 1 heterocycles. The van der Waals surface area contributed by atoms with E-state index < -0.39 is 0 Å². The number of rotatable bonds is 13. The van der Waals surface area contributed by atoms with E-state index in [4.69, 9.17) is 4.74 Å². The number of ether oxygens (including phenoxy) is 1. The number of urea groups is 1. The van der Waals surface area contributed by atoms with Gasteiger partial charge in [-0.1, -0.05) is 38.2 Å². The molecule has 7 heteroatoms. The fraction of sp³-hybridized carbons (Fsp3) is 0.692. The molecule has 0 unspecified atom stereocenters. The van der Waals surface area contributed by atoms with Crippen molar-refractivity contribution in [1.82, 2.24) is 15.5 Å². The largest absolute Gasteiger partial charge is 0.490 e. The Morgan fingerprint density at radius 2 is 1.85 bits per heavy atom. The number of halogens is 1. The van der Waals surface area contributed by atoms with Crippen LogP contribution < -0.4 is 15.4 Å². The minimum absolute atomic E-state index is 0.0156. The van der Waals surface area contributed by atoms with Crippen LogP contribution in [0, 0.1) is 11.7 Å². The number of hydrogen-bond acceptors (Lipinski definition) is 4. The Bertz CT molecular complexity index is 821. The number of carbonyl (C=O) groups excluding carboxylic acids is 2. The highest BCUT2D eigenvalue weighted by molar-refractivity contribution is 5.96. The average molecular weight is 460 g/mol. The fourth-order valence-corrected chi connectivity index (χ4v) is 5.09. The Hall–Kier alpha value is -2.15. The van der Waals surface area contributed by atoms with E-state index in [0.29, 0.717) is 31.2 Å². The predicted octanol–water partition coefficient (Wildman–Crippen LogP) is 4.87. The molecule has 1 saturated heterocycles. The number of carbonyl (C=O) groups is 2. The minimum atomic E-state index is -0.263. The third-order valence-electron chi connectivity index (χ3n) is 7.39. The molecule has 0 bridgehead atoms. The monoisotopic (exact) mass is 459 g/mol. The van der Waals surface area contributed by atoms with Gasteiger partial charge in [0, 0.05) is 25.0 Å². The molecule has 2 saturated carbocycles. The quantitative estimate of drug-likeness (QED) is 0.413. The smallest absolute Gasteiger partial charge is 0.324 e. The van der Waals surface area contributed by atoms with Gasteiger partial charge in [0.1, 0.15) is 0 Å². The molecular formula is C26H38FN3O3. The van der Waals surface area contributed by atoms with Crippen molar-refractivity contribution in [1.29, 1.82) is 0 Å². The molecule has 3 amide bonds. The molecule has 182 valence electrons. The molecule has 33 heavy (non-hydrogen) atoms. The van der Waals surface area contributed by atoms with Crippen LogP contribution in [-0.4, -0.2) is 43.1 Å². The zero-order valence-corrected chi connectivity index (χ0v) is 19.7. The number of imide groups is 1. The van der Waals surface area contributed by atoms with Gasteiger partial charge in [-0.25, -0.2) is 9.18 Å². The lowest BCUT2D eigenvalue weighted by molar-refractivity contribution is -0.121. The Morgan fingerprint density at radius 1 is 1.09 bits per heavy atom. The number of nitrogens with one attached hydrogen (secondary N) is 2. The molecule has 0 atom stereocenters. The number of unbranched alkanes of at least 4 members (excludes halogenated alkanes) is 4. The first-order valence-corrected chi connectivity index (χ1v) is 12.8. The molecule has 0 aromatic heterocycles. The summed E-state index contributed by atoms with van der Waals surface area (Å²) in [5, 5.41) is 6.08. The van der Waals surface area contributed by atoms with Crippen LogP contribution in [0.5, 0.6) is 5.75 Å². The maximum Gasteiger partial charge on any atom is 0.324 e. The molecule has 3 fully saturated rings. The Balaban J connectivity index is 1.12. The lowest BCUT2D eigenvalue weighted by atomic mass is 10.0. The van der Waals surface area contributed by atoms with E-state index in [-0.39, 0.29) is 23.3 Å². The summed E-state index contributed by atoms with van der Waals surface area (Å²) in [5.74, 6) is 0.535. The van der Waals surface area contributed by atoms with Crippen molar-refractivity contribution in [2.45, 2.75) is 82.6 Å². The number of benzene rings is 1. The van der Waals surface area contributed by atoms with Crippen LogP contribution in [0.3, 0.4) is 0 Å². The molecule has 2 aliphatic carbocycles. The zero-order valence-electron chi connectivity index (χ0n) is 19.7. The summed E-state index contributed by atoms with van der Waals surface area (Å²) in [5.41, 5.74) is 1.13. The highest BCUT2D eigenvalue weighted by Gasteiger charge is 2.44. The van der Waals surface area contributed by atoms with Crippen LogP contribution >= 0.6 is 0 Å². The van der Waals surface area contributed by atoms with Gasteiger partial charge in [-0.15, -0.1) is 0 Å². The standard InChI is InChI=1S/C26H38FN3O3/c27-22-11-10-21(18-23(22)33-19-20-8-4-5-9-20)26(13-14-26)28-15-6-2-1-3-7-16-30-17-12-24(31)29-25(30)32/h10-11,18,20,28H,1-9,12-17,19H2,(H,29,31,32). The van der Waals surface area contributed by atoms with Crippen molar-refractivity contribution in [3.63, 3.8) is 0 Å². The second-order valence-electron chi connectivity index (χ2n) is 9.97. The van der Waals surface area contributed by atoms with E-state index in [1.54, 1.807) is 11.0 Å². The molecule has 6 nitrogen and oxygen atoms in total. The van der Waals surface area contributed by atoms with Crippen molar-refractivity contribution in [3.05, 3.63) is 29.6 Å². The summed E-state index contributed by atoms with van der Waals surface area (Å²) in [6.07, 6.45) is 12.9. The third-order valence-corrected chi connectivity index (χ3v) is 7.39. The second-order valence-corrected chi connectivity index (χ2v) is 9.97. The van der Waals surface area contributed by atoms with Gasteiger partial charge in [0.2, 0.25) is 5.91 Å². The van der Waals surface area contributed by atoms with E-state index in [1.807, 2.05) is 12.1 Å². The molecule has 4 rings (SSSR count). The minimum Gasteiger partial charge on any atom is -0.490 e. The molecule has 0 radical (unpaired) electrons. The van der Waals surface area contributed by atoms with Crippen molar-refractivity contribution in [2.24, 2.45) is 5.92 Å². The topological polar surface area (TPSA) is 70.7 Å². The highest BCUT2D eigenvalue weighted by Crippen LogP contribution is 2.46. The zero-order chi connectivity index (χ0) is 23.1. The second kappa shape index (κ2) is 11.3. The van der Waals surface area contributed by atoms with Crippen molar-refractivity contribution in [3.8, 4) is 5.75 Å². The molecule has 1 aromatic carbocycles. The van der Waals surface area contributed by atoms with Crippen molar-refractivity contribution >= 4 is 11.9 Å². The van der Waals surface area contributed by atoms with Gasteiger partial charge in [0.15, 0.2) is 11.6 Å². The number of hydrogen-bond donors (Lipinski definition) is 2. The molecule has 2 N–H and O–H groups in total. The fourth-order valence-electron chi connectivity index (χ4n) is 5.09. The van der Waals surface area contributed by atoms with E-state index in [0.717, 1.165) is 63.6 Å². The van der Waals surface area contributed by atoms with Crippen LogP contribution in [0.4, 0.5) is 9.18 Å². The predicted molar refractivity (Wildman–Crippen MR) is 126 cm³/mol. The molecular weight excluding hydrogens is 421 g/mol. The van der Waals surface area contributed by atoms with Crippen molar-refractivity contribution < 1.29 is 18.7 Å². The van der Waals surface area contributed by atoms with Crippen LogP contribution in [0.25, 0.3) is 0 Å². The first-order chi connectivity index (χ1) is 16.1. The summed E-state index contributed by atoms with van der Waals surface area (Å²) in [4.78, 5) is 24.6. The lowest BCUT2D eigenvalue weighted by Gasteiger charge is -2.26. The average Bonchev–Trinajstić information content (AvgIpc) is 3.40. The van der Waals surface area contributed by atoms with Crippen LogP contribution in [-0.2, 0) is 10.3 Å². The molecule has 0 spiro atoms. The van der Waals surface area contributed by atoms with Gasteiger partial charge in [-0.3, -0.25) is 10.1 Å². The Labute approximate surface area is 196 Å². The van der Waals surface area contributed by atoms with Gasteiger partial charge in [-0.05, 0) is 68.7 Å². The number of amides is 3. The van der Waals surface area contributed by atoms with Gasteiger partial charge in [-0.2, -0.15) is 0 Å². The molecule has 1 aliphatic heterocycles. The SMILES string of the molecule is O=C1CCN(CCCCCCCNC2(c3ccc(F)c(OCC4CCCC4)c3)CC2)C(=O)N1. The van der Waals surface area contributed by atoms with E-state index in [1.165, 1.54) is 25.7 Å². The first kappa shape index (κ1) is 24.0. The normalized spacial score (nSPS) is 20.2. The maximum atomic E-state index is 14.3. The van der Waals surface area contributed by atoms with E-state index in [9.17, 15) is 14.0 Å². The number of nitrogens with zero attached hydrogens (tertiary/aromatic N) is 1. The van der Waals surface area contributed by atoms with Crippen LogP contribution in [0.15, 0.2) is 18.2 Å². The van der Waals surface area contributed by atoms with E-state index in [2.05, 4.69) is 10.6 Å². The van der Waals surface area contributed by atoms with Crippen LogP contribution in [0.1, 0.15) is 82.6 Å². The summed E-state index contributed by atoms with van der Waals surface area (Å²) < 4.78 is 20.2. The summed E-state index contributed by atoms with van der Waals surface area (Å²) in [6, 6.07) is 5.12. The Morgan fingerprint density at radius 3 is 2.61 bits per heavy atom. The highest BCUT2D eigenvalue weighted by atomic mass is 19.1. The van der Waals surface area contributed by atoms with Gasteiger partial charge in [0.25, 0.3) is 0 Å². The molecule has 1 aromatic rings. The molecule has 3 aliphatic rings. The van der Waals surface area contributed by atoms with Gasteiger partial charge in [0.05, 0.1) is 6.61 Å². The van der Waals surface area contributed by atoms with E-state index >= 15 is 0 Å². The van der Waals surface area contributed by atoms with Crippen molar-refractivity contribution in [2.75, 3.05) is 26.2 Å². The summed E-state index contributed by atoms with van der Waals surface area (Å²) >= 11 is 0. The maximum absolute atomic E-state index is 14.3. The third kappa shape index (κ3) is 6.69. The summed E-state index contributed by atoms with van der Waals surface area (Å²) in [7, 11) is 0.